The predicted octanol–water partition coefficient (Wildman–Crippen LogP) is 2.13. The van der Waals surface area contributed by atoms with Gasteiger partial charge in [-0.05, 0) is 0 Å². The Morgan fingerprint density at radius 3 is 2.43 bits per heavy atom. The van der Waals surface area contributed by atoms with Crippen LogP contribution in [0, 0.1) is 5.38 Å². The molecule has 1 heterocycles. The van der Waals surface area contributed by atoms with Gasteiger partial charge in [0.05, 0.1) is 5.38 Å². The van der Waals surface area contributed by atoms with Gasteiger partial charge in [-0.3, -0.25) is 0 Å². The molecule has 0 fully saturated rings. The lowest BCUT2D eigenvalue weighted by molar-refractivity contribution is 1.35. The van der Waals surface area contributed by atoms with Gasteiger partial charge in [0, 0.05) is 15.2 Å². The SMILES string of the molecule is Sc1[c]scc1S. The van der Waals surface area contributed by atoms with Gasteiger partial charge in [-0.1, -0.05) is 0 Å². The molecule has 1 rings (SSSR count). The fourth-order valence-corrected chi connectivity index (χ4v) is 1.36. The first-order valence-corrected chi connectivity index (χ1v) is 3.45. The molecule has 0 aliphatic heterocycles. The van der Waals surface area contributed by atoms with Gasteiger partial charge in [0.1, 0.15) is 0 Å². The molecular weight excluding hydrogens is 144 g/mol. The van der Waals surface area contributed by atoms with Crippen molar-refractivity contribution in [2.45, 2.75) is 9.79 Å². The van der Waals surface area contributed by atoms with Gasteiger partial charge < -0.3 is 0 Å². The molecule has 0 aliphatic carbocycles. The summed E-state index contributed by atoms with van der Waals surface area (Å²) in [6, 6.07) is 0. The van der Waals surface area contributed by atoms with E-state index in [2.05, 4.69) is 30.6 Å². The second-order valence-corrected chi connectivity index (χ2v) is 2.68. The molecule has 7 heavy (non-hydrogen) atoms. The lowest BCUT2D eigenvalue weighted by atomic mass is 10.7. The smallest absolute Gasteiger partial charge is 0.0599 e. The fraction of sp³-hybridized carbons (Fsp3) is 0. The number of thiol groups is 2. The topological polar surface area (TPSA) is 0 Å². The lowest BCUT2D eigenvalue weighted by Gasteiger charge is -1.77. The molecule has 0 spiro atoms. The monoisotopic (exact) mass is 147 g/mol. The van der Waals surface area contributed by atoms with Crippen molar-refractivity contribution in [1.82, 2.24) is 0 Å². The van der Waals surface area contributed by atoms with E-state index in [0.717, 1.165) is 9.79 Å². The minimum Gasteiger partial charge on any atom is -0.141 e. The molecule has 0 aliphatic rings. The molecule has 0 N–H and O–H groups in total. The van der Waals surface area contributed by atoms with Crippen LogP contribution in [-0.4, -0.2) is 0 Å². The molecule has 0 amide bonds. The molecule has 1 radical (unpaired) electrons. The van der Waals surface area contributed by atoms with Gasteiger partial charge in [0.2, 0.25) is 0 Å². The Labute approximate surface area is 57.4 Å². The average molecular weight is 147 g/mol. The number of hydrogen-bond donors (Lipinski definition) is 2. The molecule has 1 aromatic heterocycles. The Bertz CT molecular complexity index is 139. The Hall–Kier alpha value is 0.400. The molecular formula is C4H3S3. The van der Waals surface area contributed by atoms with Crippen molar-refractivity contribution in [2.24, 2.45) is 0 Å². The third-order valence-corrected chi connectivity index (χ3v) is 2.45. The van der Waals surface area contributed by atoms with E-state index in [-0.39, 0.29) is 0 Å². The van der Waals surface area contributed by atoms with Crippen LogP contribution in [0.2, 0.25) is 0 Å². The van der Waals surface area contributed by atoms with Crippen LogP contribution in [0.5, 0.6) is 0 Å². The van der Waals surface area contributed by atoms with Crippen LogP contribution in [0.4, 0.5) is 0 Å². The Kier molecular flexibility index (Phi) is 1.67. The maximum atomic E-state index is 4.05. The minimum absolute atomic E-state index is 0.841. The summed E-state index contributed by atoms with van der Waals surface area (Å²) < 4.78 is 0. The molecule has 0 saturated heterocycles. The fourth-order valence-electron chi connectivity index (χ4n) is 0.249. The van der Waals surface area contributed by atoms with E-state index >= 15 is 0 Å². The summed E-state index contributed by atoms with van der Waals surface area (Å²) in [5.74, 6) is 0. The average Bonchev–Trinajstić information content (AvgIpc) is 1.91. The summed E-state index contributed by atoms with van der Waals surface area (Å²) in [5, 5.41) is 4.79. The largest absolute Gasteiger partial charge is 0.141 e. The van der Waals surface area contributed by atoms with Crippen LogP contribution in [0.3, 0.4) is 0 Å². The van der Waals surface area contributed by atoms with Gasteiger partial charge in [-0.2, -0.15) is 0 Å². The number of rotatable bonds is 0. The Balaban J connectivity index is 3.12. The van der Waals surface area contributed by atoms with E-state index in [0.29, 0.717) is 0 Å². The van der Waals surface area contributed by atoms with Crippen molar-refractivity contribution in [1.29, 1.82) is 0 Å². The van der Waals surface area contributed by atoms with Crippen molar-refractivity contribution >= 4 is 36.6 Å². The van der Waals surface area contributed by atoms with Crippen LogP contribution in [0.1, 0.15) is 0 Å². The molecule has 0 saturated carbocycles. The molecule has 0 bridgehead atoms. The Morgan fingerprint density at radius 2 is 2.29 bits per heavy atom. The van der Waals surface area contributed by atoms with Crippen molar-refractivity contribution in [3.8, 4) is 0 Å². The third-order valence-electron chi connectivity index (χ3n) is 0.569. The zero-order valence-corrected chi connectivity index (χ0v) is 5.99. The van der Waals surface area contributed by atoms with Gasteiger partial charge >= 0.3 is 0 Å². The van der Waals surface area contributed by atoms with E-state index < -0.39 is 0 Å². The second kappa shape index (κ2) is 2.11. The molecule has 0 nitrogen and oxygen atoms in total. The van der Waals surface area contributed by atoms with Gasteiger partial charge in [-0.25, -0.2) is 0 Å². The number of thiophene rings is 1. The van der Waals surface area contributed by atoms with Crippen molar-refractivity contribution < 1.29 is 0 Å². The van der Waals surface area contributed by atoms with E-state index in [1.165, 1.54) is 11.3 Å². The van der Waals surface area contributed by atoms with Crippen molar-refractivity contribution in [3.05, 3.63) is 10.8 Å². The zero-order chi connectivity index (χ0) is 5.28. The highest BCUT2D eigenvalue weighted by Gasteiger charge is 1.90. The molecule has 0 aromatic carbocycles. The maximum absolute atomic E-state index is 4.05. The van der Waals surface area contributed by atoms with Crippen LogP contribution < -0.4 is 0 Å². The summed E-state index contributed by atoms with van der Waals surface area (Å²) in [6.45, 7) is 0. The standard InChI is InChI=1S/C4H3S3/c5-3-1-7-2-4(3)6/h1,5-6H. The second-order valence-electron chi connectivity index (χ2n) is 1.07. The summed E-state index contributed by atoms with van der Waals surface area (Å²) in [5.41, 5.74) is 0. The summed E-state index contributed by atoms with van der Waals surface area (Å²) in [7, 11) is 0. The van der Waals surface area contributed by atoms with Gasteiger partial charge in [0.25, 0.3) is 0 Å². The van der Waals surface area contributed by atoms with Crippen molar-refractivity contribution in [2.75, 3.05) is 0 Å². The van der Waals surface area contributed by atoms with E-state index in [1.807, 2.05) is 5.38 Å². The first kappa shape index (κ1) is 5.54. The summed E-state index contributed by atoms with van der Waals surface area (Å²) in [4.78, 5) is 1.75. The maximum Gasteiger partial charge on any atom is 0.0599 e. The lowest BCUT2D eigenvalue weighted by Crippen LogP contribution is -1.50. The number of hydrogen-bond acceptors (Lipinski definition) is 3. The van der Waals surface area contributed by atoms with Crippen molar-refractivity contribution in [3.63, 3.8) is 0 Å². The molecule has 3 heteroatoms. The van der Waals surface area contributed by atoms with E-state index in [9.17, 15) is 0 Å². The third kappa shape index (κ3) is 1.15. The Morgan fingerprint density at radius 1 is 1.57 bits per heavy atom. The van der Waals surface area contributed by atoms with Crippen LogP contribution in [-0.2, 0) is 0 Å². The minimum atomic E-state index is 0.841. The summed E-state index contributed by atoms with van der Waals surface area (Å²) >= 11 is 9.57. The highest BCUT2D eigenvalue weighted by molar-refractivity contribution is 7.83. The first-order valence-electron chi connectivity index (χ1n) is 1.68. The summed E-state index contributed by atoms with van der Waals surface area (Å²) in [6.07, 6.45) is 0. The highest BCUT2D eigenvalue weighted by Crippen LogP contribution is 2.20. The van der Waals surface area contributed by atoms with E-state index in [4.69, 9.17) is 0 Å². The first-order chi connectivity index (χ1) is 3.30. The normalized spacial score (nSPS) is 9.43. The molecule has 1 aromatic rings. The zero-order valence-electron chi connectivity index (χ0n) is 3.38. The molecule has 37 valence electrons. The molecule has 0 unspecified atom stereocenters. The van der Waals surface area contributed by atoms with E-state index in [1.54, 1.807) is 0 Å². The van der Waals surface area contributed by atoms with Crippen LogP contribution in [0.15, 0.2) is 15.2 Å². The predicted molar refractivity (Wildman–Crippen MR) is 37.7 cm³/mol. The van der Waals surface area contributed by atoms with Crippen LogP contribution >= 0.6 is 36.6 Å². The highest BCUT2D eigenvalue weighted by atomic mass is 32.1. The quantitative estimate of drug-likeness (QED) is 0.516. The van der Waals surface area contributed by atoms with Gasteiger partial charge in [0.15, 0.2) is 0 Å². The molecule has 0 atom stereocenters. The van der Waals surface area contributed by atoms with Gasteiger partial charge in [-0.15, -0.1) is 36.6 Å². The van der Waals surface area contributed by atoms with Crippen LogP contribution in [0.25, 0.3) is 0 Å².